The van der Waals surface area contributed by atoms with Gasteiger partial charge in [0, 0.05) is 19.5 Å². The van der Waals surface area contributed by atoms with Gasteiger partial charge in [-0.3, -0.25) is 9.59 Å². The Morgan fingerprint density at radius 2 is 1.89 bits per heavy atom. The molecule has 4 nitrogen and oxygen atoms in total. The lowest BCUT2D eigenvalue weighted by atomic mass is 10.1. The third kappa shape index (κ3) is 4.57. The summed E-state index contributed by atoms with van der Waals surface area (Å²) in [6, 6.07) is 9.51. The number of amides is 1. The van der Waals surface area contributed by atoms with Crippen LogP contribution < -0.4 is 0 Å². The topological polar surface area (TPSA) is 57.6 Å². The molecule has 0 radical (unpaired) electrons. The molecule has 0 bridgehead atoms. The zero-order valence-corrected chi connectivity index (χ0v) is 10.8. The van der Waals surface area contributed by atoms with Crippen LogP contribution in [0.1, 0.15) is 25.3 Å². The minimum absolute atomic E-state index is 0.0203. The number of hydrogen-bond acceptors (Lipinski definition) is 2. The van der Waals surface area contributed by atoms with E-state index in [-0.39, 0.29) is 18.4 Å². The molecule has 1 atom stereocenters. The zero-order valence-electron chi connectivity index (χ0n) is 10.8. The molecule has 0 saturated carbocycles. The highest BCUT2D eigenvalue weighted by atomic mass is 16.4. The Bertz CT molecular complexity index is 403. The van der Waals surface area contributed by atoms with Gasteiger partial charge in [-0.1, -0.05) is 30.3 Å². The summed E-state index contributed by atoms with van der Waals surface area (Å²) in [5.74, 6) is -0.905. The summed E-state index contributed by atoms with van der Waals surface area (Å²) in [6.07, 6.45) is 1.07. The fraction of sp³-hybridized carbons (Fsp3) is 0.429. The lowest BCUT2D eigenvalue weighted by Crippen LogP contribution is -2.36. The number of benzene rings is 1. The van der Waals surface area contributed by atoms with Crippen LogP contribution in [0.4, 0.5) is 0 Å². The van der Waals surface area contributed by atoms with Crippen molar-refractivity contribution in [1.29, 1.82) is 0 Å². The van der Waals surface area contributed by atoms with Gasteiger partial charge in [0.05, 0.1) is 6.42 Å². The highest BCUT2D eigenvalue weighted by Gasteiger charge is 2.17. The lowest BCUT2D eigenvalue weighted by Gasteiger charge is -2.23. The number of carboxylic acids is 1. The predicted molar refractivity (Wildman–Crippen MR) is 69.2 cm³/mol. The molecule has 0 aliphatic rings. The summed E-state index contributed by atoms with van der Waals surface area (Å²) in [5, 5.41) is 8.68. The number of rotatable bonds is 6. The molecular weight excluding hydrogens is 230 g/mol. The molecular formula is C14H19NO3. The van der Waals surface area contributed by atoms with Crippen molar-refractivity contribution in [3.63, 3.8) is 0 Å². The maximum Gasteiger partial charge on any atom is 0.305 e. The molecule has 0 heterocycles. The van der Waals surface area contributed by atoms with Crippen LogP contribution in [0.2, 0.25) is 0 Å². The second kappa shape index (κ2) is 6.79. The average molecular weight is 249 g/mol. The van der Waals surface area contributed by atoms with E-state index in [1.165, 1.54) is 4.90 Å². The number of hydrogen-bond donors (Lipinski definition) is 1. The molecule has 98 valence electrons. The van der Waals surface area contributed by atoms with Crippen molar-refractivity contribution >= 4 is 11.9 Å². The van der Waals surface area contributed by atoms with Gasteiger partial charge in [0.25, 0.3) is 0 Å². The van der Waals surface area contributed by atoms with Crippen molar-refractivity contribution in [2.24, 2.45) is 0 Å². The van der Waals surface area contributed by atoms with E-state index in [0.717, 1.165) is 5.56 Å². The first-order valence-corrected chi connectivity index (χ1v) is 6.02. The summed E-state index contributed by atoms with van der Waals surface area (Å²) in [6.45, 7) is 1.74. The monoisotopic (exact) mass is 249 g/mol. The molecule has 0 spiro atoms. The second-order valence-electron chi connectivity index (χ2n) is 4.44. The normalized spacial score (nSPS) is 11.9. The van der Waals surface area contributed by atoms with Gasteiger partial charge in [-0.05, 0) is 18.9 Å². The van der Waals surface area contributed by atoms with Gasteiger partial charge in [-0.15, -0.1) is 0 Å². The molecule has 1 unspecified atom stereocenters. The van der Waals surface area contributed by atoms with Gasteiger partial charge in [0.2, 0.25) is 5.91 Å². The predicted octanol–water partition coefficient (Wildman–Crippen LogP) is 1.94. The number of aryl methyl sites for hydroxylation is 1. The Labute approximate surface area is 107 Å². The van der Waals surface area contributed by atoms with Crippen LogP contribution in [0.3, 0.4) is 0 Å². The fourth-order valence-corrected chi connectivity index (χ4v) is 1.71. The summed E-state index contributed by atoms with van der Waals surface area (Å²) >= 11 is 0. The maximum absolute atomic E-state index is 11.9. The minimum atomic E-state index is -0.884. The molecule has 18 heavy (non-hydrogen) atoms. The Hall–Kier alpha value is -1.84. The molecule has 4 heteroatoms. The summed E-state index contributed by atoms with van der Waals surface area (Å²) in [4.78, 5) is 24.0. The van der Waals surface area contributed by atoms with E-state index in [0.29, 0.717) is 12.8 Å². The lowest BCUT2D eigenvalue weighted by molar-refractivity contribution is -0.139. The largest absolute Gasteiger partial charge is 0.481 e. The minimum Gasteiger partial charge on any atom is -0.481 e. The van der Waals surface area contributed by atoms with Crippen LogP contribution in [-0.4, -0.2) is 35.0 Å². The van der Waals surface area contributed by atoms with E-state index in [2.05, 4.69) is 0 Å². The van der Waals surface area contributed by atoms with Crippen molar-refractivity contribution in [3.05, 3.63) is 35.9 Å². The Morgan fingerprint density at radius 3 is 2.44 bits per heavy atom. The SMILES string of the molecule is CC(CC(=O)O)N(C)C(=O)CCc1ccccc1. The third-order valence-corrected chi connectivity index (χ3v) is 2.99. The zero-order chi connectivity index (χ0) is 13.5. The average Bonchev–Trinajstić information content (AvgIpc) is 2.35. The standard InChI is InChI=1S/C14H19NO3/c1-11(10-14(17)18)15(2)13(16)9-8-12-6-4-3-5-7-12/h3-7,11H,8-10H2,1-2H3,(H,17,18). The first-order valence-electron chi connectivity index (χ1n) is 6.02. The van der Waals surface area contributed by atoms with Crippen molar-refractivity contribution in [3.8, 4) is 0 Å². The van der Waals surface area contributed by atoms with E-state index >= 15 is 0 Å². The summed E-state index contributed by atoms with van der Waals surface area (Å²) < 4.78 is 0. The quantitative estimate of drug-likeness (QED) is 0.838. The van der Waals surface area contributed by atoms with E-state index in [4.69, 9.17) is 5.11 Å². The molecule has 1 amide bonds. The van der Waals surface area contributed by atoms with E-state index < -0.39 is 5.97 Å². The van der Waals surface area contributed by atoms with Crippen molar-refractivity contribution in [2.45, 2.75) is 32.2 Å². The maximum atomic E-state index is 11.9. The molecule has 0 fully saturated rings. The Kier molecular flexibility index (Phi) is 5.36. The highest BCUT2D eigenvalue weighted by molar-refractivity contribution is 5.77. The van der Waals surface area contributed by atoms with Crippen LogP contribution >= 0.6 is 0 Å². The molecule has 0 aromatic heterocycles. The van der Waals surface area contributed by atoms with Crippen LogP contribution in [0.25, 0.3) is 0 Å². The fourth-order valence-electron chi connectivity index (χ4n) is 1.71. The molecule has 0 aliphatic heterocycles. The van der Waals surface area contributed by atoms with Crippen LogP contribution in [0, 0.1) is 0 Å². The number of nitrogens with zero attached hydrogens (tertiary/aromatic N) is 1. The number of aliphatic carboxylic acids is 1. The first kappa shape index (κ1) is 14.2. The number of carbonyl (C=O) groups is 2. The summed E-state index contributed by atoms with van der Waals surface area (Å²) in [7, 11) is 1.65. The van der Waals surface area contributed by atoms with Crippen LogP contribution in [0.15, 0.2) is 30.3 Å². The van der Waals surface area contributed by atoms with Gasteiger partial charge in [0.15, 0.2) is 0 Å². The number of carboxylic acid groups (broad SMARTS) is 1. The van der Waals surface area contributed by atoms with Gasteiger partial charge >= 0.3 is 5.97 Å². The van der Waals surface area contributed by atoms with E-state index in [9.17, 15) is 9.59 Å². The molecule has 1 rings (SSSR count). The first-order chi connectivity index (χ1) is 8.50. The third-order valence-electron chi connectivity index (χ3n) is 2.99. The Balaban J connectivity index is 2.43. The molecule has 0 saturated heterocycles. The smallest absolute Gasteiger partial charge is 0.305 e. The summed E-state index contributed by atoms with van der Waals surface area (Å²) in [5.41, 5.74) is 1.12. The molecule has 1 N–H and O–H groups in total. The van der Waals surface area contributed by atoms with E-state index in [1.54, 1.807) is 14.0 Å². The second-order valence-corrected chi connectivity index (χ2v) is 4.44. The molecule has 1 aromatic carbocycles. The van der Waals surface area contributed by atoms with Gasteiger partial charge in [0.1, 0.15) is 0 Å². The molecule has 0 aliphatic carbocycles. The van der Waals surface area contributed by atoms with Crippen molar-refractivity contribution in [1.82, 2.24) is 4.90 Å². The van der Waals surface area contributed by atoms with Gasteiger partial charge in [-0.25, -0.2) is 0 Å². The van der Waals surface area contributed by atoms with Crippen LogP contribution in [0.5, 0.6) is 0 Å². The Morgan fingerprint density at radius 1 is 1.28 bits per heavy atom. The van der Waals surface area contributed by atoms with Crippen LogP contribution in [-0.2, 0) is 16.0 Å². The number of carbonyl (C=O) groups excluding carboxylic acids is 1. The van der Waals surface area contributed by atoms with Crippen molar-refractivity contribution in [2.75, 3.05) is 7.05 Å². The van der Waals surface area contributed by atoms with Crippen molar-refractivity contribution < 1.29 is 14.7 Å². The highest BCUT2D eigenvalue weighted by Crippen LogP contribution is 2.07. The molecule has 1 aromatic rings. The van der Waals surface area contributed by atoms with E-state index in [1.807, 2.05) is 30.3 Å². The van der Waals surface area contributed by atoms with Gasteiger partial charge in [-0.2, -0.15) is 0 Å². The van der Waals surface area contributed by atoms with Gasteiger partial charge < -0.3 is 10.0 Å².